The highest BCUT2D eigenvalue weighted by Crippen LogP contribution is 2.65. The molecule has 6 atom stereocenters. The minimum Gasteiger partial charge on any atom is -0.404 e. The summed E-state index contributed by atoms with van der Waals surface area (Å²) >= 11 is 0. The van der Waals surface area contributed by atoms with Crippen molar-refractivity contribution in [1.82, 2.24) is 5.32 Å². The standard InChI is InChI=1S/C30H47BN2O4.ClH/c1-7-8-9-20-10-12-21(13-11-20)24(34)15-22(18-32)28(35)33-27(14-19(2)3)31-36-26-17-23-16-25(29(23,4)5)30(26,6)37-31;/h10-13,19,22-23,25-27H,7-9,14-18,32H2,1-6H3,(H,33,35);1H/t22-,23-,25-,26+,27-,30-;/m0./s1. The van der Waals surface area contributed by atoms with Gasteiger partial charge in [-0.15, -0.1) is 12.4 Å². The predicted molar refractivity (Wildman–Crippen MR) is 155 cm³/mol. The quantitative estimate of drug-likeness (QED) is 0.271. The van der Waals surface area contributed by atoms with E-state index in [9.17, 15) is 9.59 Å². The van der Waals surface area contributed by atoms with Crippen molar-refractivity contribution < 1.29 is 18.9 Å². The molecule has 1 aromatic carbocycles. The van der Waals surface area contributed by atoms with E-state index in [4.69, 9.17) is 15.0 Å². The van der Waals surface area contributed by atoms with Gasteiger partial charge in [-0.2, -0.15) is 0 Å². The van der Waals surface area contributed by atoms with E-state index in [0.717, 1.165) is 32.1 Å². The van der Waals surface area contributed by atoms with Crippen molar-refractivity contribution in [2.24, 2.45) is 34.8 Å². The van der Waals surface area contributed by atoms with Crippen molar-refractivity contribution in [3.8, 4) is 0 Å². The van der Waals surface area contributed by atoms with E-state index in [1.807, 2.05) is 24.3 Å². The maximum absolute atomic E-state index is 13.4. The highest BCUT2D eigenvalue weighted by molar-refractivity contribution is 6.47. The smallest absolute Gasteiger partial charge is 0.404 e. The lowest BCUT2D eigenvalue weighted by molar-refractivity contribution is -0.199. The average molecular weight is 547 g/mol. The lowest BCUT2D eigenvalue weighted by Crippen LogP contribution is -2.65. The maximum atomic E-state index is 13.4. The van der Waals surface area contributed by atoms with E-state index in [2.05, 4.69) is 46.9 Å². The van der Waals surface area contributed by atoms with Crippen molar-refractivity contribution in [2.75, 3.05) is 6.54 Å². The van der Waals surface area contributed by atoms with Crippen LogP contribution in [0, 0.1) is 29.1 Å². The normalized spacial score (nSPS) is 28.6. The Morgan fingerprint density at radius 3 is 2.42 bits per heavy atom. The number of nitrogens with two attached hydrogens (primary N) is 1. The lowest BCUT2D eigenvalue weighted by atomic mass is 9.43. The predicted octanol–water partition coefficient (Wildman–Crippen LogP) is 5.40. The number of hydrogen-bond acceptors (Lipinski definition) is 5. The summed E-state index contributed by atoms with van der Waals surface area (Å²) in [7, 11) is -0.485. The fraction of sp³-hybridized carbons (Fsp3) is 0.733. The summed E-state index contributed by atoms with van der Waals surface area (Å²) in [5, 5.41) is 3.19. The van der Waals surface area contributed by atoms with Gasteiger partial charge in [-0.3, -0.25) is 9.59 Å². The van der Waals surface area contributed by atoms with Crippen LogP contribution in [-0.4, -0.2) is 43.0 Å². The van der Waals surface area contributed by atoms with Crippen LogP contribution in [0.25, 0.3) is 0 Å². The Hall–Kier alpha value is -1.41. The molecule has 4 fully saturated rings. The molecule has 1 saturated heterocycles. The number of benzene rings is 1. The Balaban J connectivity index is 0.00000400. The average Bonchev–Trinajstić information content (AvgIpc) is 3.22. The molecule has 4 aliphatic rings. The number of amides is 1. The molecule has 1 amide bonds. The number of nitrogens with one attached hydrogen (secondary N) is 1. The van der Waals surface area contributed by atoms with Gasteiger partial charge in [0.1, 0.15) is 0 Å². The van der Waals surface area contributed by atoms with Crippen molar-refractivity contribution in [3.63, 3.8) is 0 Å². The molecule has 1 aliphatic heterocycles. The zero-order valence-corrected chi connectivity index (χ0v) is 24.9. The number of unbranched alkanes of at least 4 members (excludes halogenated alkanes) is 1. The first-order valence-electron chi connectivity index (χ1n) is 14.4. The van der Waals surface area contributed by atoms with E-state index in [0.29, 0.717) is 23.3 Å². The van der Waals surface area contributed by atoms with Crippen LogP contribution < -0.4 is 11.1 Å². The second-order valence-electron chi connectivity index (χ2n) is 12.9. The van der Waals surface area contributed by atoms with Gasteiger partial charge in [0, 0.05) is 18.5 Å². The molecular weight excluding hydrogens is 499 g/mol. The number of halogens is 1. The molecule has 1 aromatic rings. The largest absolute Gasteiger partial charge is 0.481 e. The van der Waals surface area contributed by atoms with Crippen LogP contribution in [-0.2, 0) is 20.5 Å². The third kappa shape index (κ3) is 6.16. The van der Waals surface area contributed by atoms with Gasteiger partial charge in [-0.25, -0.2) is 0 Å². The topological polar surface area (TPSA) is 90.7 Å². The van der Waals surface area contributed by atoms with E-state index in [1.54, 1.807) is 0 Å². The molecule has 3 N–H and O–H groups in total. The van der Waals surface area contributed by atoms with Crippen molar-refractivity contribution in [1.29, 1.82) is 0 Å². The highest BCUT2D eigenvalue weighted by Gasteiger charge is 2.68. The van der Waals surface area contributed by atoms with Crippen molar-refractivity contribution >= 4 is 31.2 Å². The van der Waals surface area contributed by atoms with Gasteiger partial charge in [-0.1, -0.05) is 65.3 Å². The number of carbonyl (C=O) groups excluding carboxylic acids is 2. The molecule has 0 radical (unpaired) electrons. The Morgan fingerprint density at radius 1 is 1.16 bits per heavy atom. The van der Waals surface area contributed by atoms with Gasteiger partial charge in [0.05, 0.1) is 23.6 Å². The van der Waals surface area contributed by atoms with Crippen LogP contribution in [0.2, 0.25) is 0 Å². The number of carbonyl (C=O) groups is 2. The van der Waals surface area contributed by atoms with Crippen LogP contribution in [0.3, 0.4) is 0 Å². The second-order valence-corrected chi connectivity index (χ2v) is 12.9. The number of aryl methyl sites for hydroxylation is 1. The van der Waals surface area contributed by atoms with E-state index in [1.165, 1.54) is 12.0 Å². The number of rotatable bonds is 12. The zero-order valence-electron chi connectivity index (χ0n) is 24.1. The summed E-state index contributed by atoms with van der Waals surface area (Å²) in [6.07, 6.45) is 6.38. The van der Waals surface area contributed by atoms with Gasteiger partial charge in [0.15, 0.2) is 5.78 Å². The molecule has 0 aromatic heterocycles. The maximum Gasteiger partial charge on any atom is 0.481 e. The number of hydrogen-bond donors (Lipinski definition) is 2. The molecule has 3 saturated carbocycles. The first kappa shape index (κ1) is 31.1. The first-order chi connectivity index (χ1) is 17.5. The van der Waals surface area contributed by atoms with Crippen LogP contribution >= 0.6 is 12.4 Å². The third-order valence-electron chi connectivity index (χ3n) is 9.53. The van der Waals surface area contributed by atoms with Gasteiger partial charge in [-0.05, 0) is 67.8 Å². The van der Waals surface area contributed by atoms with E-state index < -0.39 is 13.0 Å². The monoisotopic (exact) mass is 546 g/mol. The lowest BCUT2D eigenvalue weighted by Gasteiger charge is -2.64. The fourth-order valence-corrected chi connectivity index (χ4v) is 6.98. The number of Topliss-reactive ketones (excluding diaryl/α,β-unsaturated/α-hetero) is 1. The summed E-state index contributed by atoms with van der Waals surface area (Å²) in [6.45, 7) is 13.4. The molecule has 0 unspecified atom stereocenters. The molecule has 6 nitrogen and oxygen atoms in total. The van der Waals surface area contributed by atoms with Crippen LogP contribution in [0.4, 0.5) is 0 Å². The Kier molecular flexibility index (Phi) is 10.2. The van der Waals surface area contributed by atoms with Crippen molar-refractivity contribution in [3.05, 3.63) is 35.4 Å². The minimum atomic E-state index is -0.590. The fourth-order valence-electron chi connectivity index (χ4n) is 6.98. The molecule has 3 aliphatic carbocycles. The van der Waals surface area contributed by atoms with Crippen LogP contribution in [0.1, 0.15) is 96.0 Å². The highest BCUT2D eigenvalue weighted by atomic mass is 35.5. The summed E-state index contributed by atoms with van der Waals surface area (Å²) in [5.74, 6) is 0.364. The third-order valence-corrected chi connectivity index (χ3v) is 9.53. The van der Waals surface area contributed by atoms with Crippen LogP contribution in [0.5, 0.6) is 0 Å². The molecule has 212 valence electrons. The Labute approximate surface area is 236 Å². The second kappa shape index (κ2) is 12.4. The molecule has 1 heterocycles. The molecule has 5 rings (SSSR count). The summed E-state index contributed by atoms with van der Waals surface area (Å²) in [5.41, 5.74) is 7.81. The molecule has 0 spiro atoms. The van der Waals surface area contributed by atoms with E-state index in [-0.39, 0.29) is 60.1 Å². The zero-order chi connectivity index (χ0) is 27.0. The van der Waals surface area contributed by atoms with Gasteiger partial charge in [0.2, 0.25) is 5.91 Å². The van der Waals surface area contributed by atoms with Gasteiger partial charge >= 0.3 is 7.12 Å². The summed E-state index contributed by atoms with van der Waals surface area (Å²) in [4.78, 5) is 26.4. The molecular formula is C30H48BClN2O4. The SMILES string of the molecule is CCCCc1ccc(C(=O)C[C@@H](CN)C(=O)N[C@@H](CC(C)C)B2O[C@@H]3C[C@@H]4C[C@@H](C4(C)C)[C@]3(C)O2)cc1.Cl. The van der Waals surface area contributed by atoms with Gasteiger partial charge in [0.25, 0.3) is 0 Å². The van der Waals surface area contributed by atoms with E-state index >= 15 is 0 Å². The van der Waals surface area contributed by atoms with Crippen molar-refractivity contribution in [2.45, 2.75) is 104 Å². The first-order valence-corrected chi connectivity index (χ1v) is 14.4. The van der Waals surface area contributed by atoms with Crippen LogP contribution in [0.15, 0.2) is 24.3 Å². The Bertz CT molecular complexity index is 972. The minimum absolute atomic E-state index is 0. The summed E-state index contributed by atoms with van der Waals surface area (Å²) < 4.78 is 13.2. The molecule has 2 bridgehead atoms. The van der Waals surface area contributed by atoms with Gasteiger partial charge < -0.3 is 20.4 Å². The molecule has 38 heavy (non-hydrogen) atoms. The number of ketones is 1. The Morgan fingerprint density at radius 2 is 1.84 bits per heavy atom. The summed E-state index contributed by atoms with van der Waals surface area (Å²) in [6, 6.07) is 7.77. The molecule has 8 heteroatoms.